The molecule has 0 aliphatic carbocycles. The molecule has 1 aromatic carbocycles. The Balaban J connectivity index is 2.39. The Morgan fingerprint density at radius 3 is 2.94 bits per heavy atom. The van der Waals surface area contributed by atoms with Crippen molar-refractivity contribution in [1.29, 1.82) is 0 Å². The first kappa shape index (κ1) is 7.97. The van der Waals surface area contributed by atoms with E-state index in [-0.39, 0.29) is 6.73 Å². The lowest BCUT2D eigenvalue weighted by atomic mass is 10.3. The van der Waals surface area contributed by atoms with Gasteiger partial charge in [-0.25, -0.2) is 4.68 Å². The smallest absolute Gasteiger partial charge is 0.141 e. The van der Waals surface area contributed by atoms with Gasteiger partial charge in [-0.1, -0.05) is 37.0 Å². The van der Waals surface area contributed by atoms with Crippen LogP contribution in [0.2, 0.25) is 19.6 Å². The van der Waals surface area contributed by atoms with Crippen LogP contribution in [0, 0.1) is 0 Å². The second kappa shape index (κ2) is 3.99. The summed E-state index contributed by atoms with van der Waals surface area (Å²) in [7, 11) is -3.93. The normalized spacial score (nSPS) is 15.8. The summed E-state index contributed by atoms with van der Waals surface area (Å²) >= 11 is 0. The van der Waals surface area contributed by atoms with E-state index in [9.17, 15) is 0 Å². The van der Waals surface area contributed by atoms with Crippen LogP contribution in [0.1, 0.15) is 4.11 Å². The molecule has 5 heteroatoms. The van der Waals surface area contributed by atoms with Crippen LogP contribution in [0.15, 0.2) is 18.2 Å². The number of methoxy groups -OCH3 is 1. The lowest BCUT2D eigenvalue weighted by Gasteiger charge is -2.16. The van der Waals surface area contributed by atoms with Crippen molar-refractivity contribution in [2.24, 2.45) is 0 Å². The summed E-state index contributed by atoms with van der Waals surface area (Å²) in [6.07, 6.45) is 0. The third-order valence-corrected chi connectivity index (χ3v) is 4.56. The molecule has 1 heterocycles. The fraction of sp³-hybridized carbons (Fsp3) is 0.455. The lowest BCUT2D eigenvalue weighted by molar-refractivity contribution is 0.122. The van der Waals surface area contributed by atoms with Gasteiger partial charge < -0.3 is 4.74 Å². The van der Waals surface area contributed by atoms with Gasteiger partial charge in [-0.15, -0.1) is 5.10 Å². The van der Waals surface area contributed by atoms with Crippen molar-refractivity contribution in [3.8, 4) is 0 Å². The summed E-state index contributed by atoms with van der Waals surface area (Å²) in [5.41, 5.74) is 1.65. The van der Waals surface area contributed by atoms with Crippen LogP contribution >= 0.6 is 0 Å². The molecule has 0 saturated carbocycles. The highest BCUT2D eigenvalue weighted by Gasteiger charge is 2.21. The van der Waals surface area contributed by atoms with E-state index < -0.39 is 15.1 Å². The zero-order valence-electron chi connectivity index (χ0n) is 12.7. The maximum absolute atomic E-state index is 7.04. The van der Waals surface area contributed by atoms with Crippen LogP contribution in [-0.4, -0.2) is 30.1 Å². The molecule has 0 unspecified atom stereocenters. The van der Waals surface area contributed by atoms with Crippen molar-refractivity contribution >= 4 is 24.3 Å². The molecular formula is C11H17N3OSi. The summed E-state index contributed by atoms with van der Waals surface area (Å²) in [5, 5.41) is 9.37. The molecule has 0 amide bonds. The molecule has 0 atom stereocenters. The Morgan fingerprint density at radius 1 is 1.44 bits per heavy atom. The fourth-order valence-electron chi connectivity index (χ4n) is 1.75. The van der Waals surface area contributed by atoms with Gasteiger partial charge in [0.1, 0.15) is 12.2 Å². The molecule has 16 heavy (non-hydrogen) atoms. The Morgan fingerprint density at radius 2 is 2.25 bits per heavy atom. The maximum Gasteiger partial charge on any atom is 0.141 e. The van der Waals surface area contributed by atoms with Gasteiger partial charge >= 0.3 is 0 Å². The van der Waals surface area contributed by atoms with Gasteiger partial charge in [-0.2, -0.15) is 0 Å². The average molecular weight is 238 g/mol. The number of rotatable bonds is 3. The predicted octanol–water partition coefficient (Wildman–Crippen LogP) is 1.58. The number of ether oxygens (including phenoxy) is 1. The Kier molecular flexibility index (Phi) is 1.99. The molecule has 0 radical (unpaired) electrons. The van der Waals surface area contributed by atoms with Gasteiger partial charge in [0.2, 0.25) is 0 Å². The van der Waals surface area contributed by atoms with E-state index >= 15 is 0 Å². The fourth-order valence-corrected chi connectivity index (χ4v) is 3.24. The summed E-state index contributed by atoms with van der Waals surface area (Å²) in [4.78, 5) is 0. The lowest BCUT2D eigenvalue weighted by Crippen LogP contribution is -2.38. The number of benzene rings is 1. The van der Waals surface area contributed by atoms with E-state index in [4.69, 9.17) is 8.85 Å². The van der Waals surface area contributed by atoms with E-state index in [1.165, 1.54) is 9.87 Å². The van der Waals surface area contributed by atoms with Crippen molar-refractivity contribution in [1.82, 2.24) is 15.0 Å². The van der Waals surface area contributed by atoms with Crippen molar-refractivity contribution in [3.63, 3.8) is 0 Å². The summed E-state index contributed by atoms with van der Waals surface area (Å²) in [6, 6.07) is 5.89. The second-order valence-corrected chi connectivity index (χ2v) is 9.82. The monoisotopic (exact) mass is 238 g/mol. The predicted molar refractivity (Wildman–Crippen MR) is 67.5 cm³/mol. The third kappa shape index (κ3) is 1.88. The molecule has 0 aliphatic heterocycles. The minimum absolute atomic E-state index is 0.123. The summed E-state index contributed by atoms with van der Waals surface area (Å²) < 4.78 is 27.4. The summed E-state index contributed by atoms with van der Waals surface area (Å²) in [5.74, 6) is 0. The van der Waals surface area contributed by atoms with Gasteiger partial charge in [-0.3, -0.25) is 0 Å². The van der Waals surface area contributed by atoms with E-state index in [0.29, 0.717) is 0 Å². The minimum atomic E-state index is -2.42. The first-order chi connectivity index (χ1) is 8.68. The minimum Gasteiger partial charge on any atom is -0.362 e. The number of fused-ring (bicyclic) bond motifs is 1. The first-order valence-corrected chi connectivity index (χ1v) is 8.65. The van der Waals surface area contributed by atoms with Gasteiger partial charge in [0, 0.05) is 7.04 Å². The van der Waals surface area contributed by atoms with E-state index in [1.807, 2.05) is 12.1 Å². The van der Waals surface area contributed by atoms with Gasteiger partial charge in [0.25, 0.3) is 0 Å². The highest BCUT2D eigenvalue weighted by atomic mass is 28.3. The van der Waals surface area contributed by atoms with Crippen molar-refractivity contribution in [2.75, 3.05) is 7.04 Å². The van der Waals surface area contributed by atoms with Crippen molar-refractivity contribution in [2.45, 2.75) is 26.4 Å². The van der Waals surface area contributed by atoms with Crippen LogP contribution in [0.25, 0.3) is 11.0 Å². The summed E-state index contributed by atoms with van der Waals surface area (Å²) in [6.45, 7) is 6.58. The largest absolute Gasteiger partial charge is 0.362 e. The molecule has 4 nitrogen and oxygen atoms in total. The van der Waals surface area contributed by atoms with Crippen molar-refractivity contribution < 1.29 is 8.85 Å². The van der Waals surface area contributed by atoms with Crippen LogP contribution in [0.4, 0.5) is 0 Å². The number of aromatic nitrogens is 3. The second-order valence-electron chi connectivity index (χ2n) is 4.79. The molecule has 86 valence electrons. The molecular weight excluding hydrogens is 218 g/mol. The van der Waals surface area contributed by atoms with Crippen LogP contribution < -0.4 is 5.19 Å². The third-order valence-electron chi connectivity index (χ3n) is 2.54. The quantitative estimate of drug-likeness (QED) is 0.762. The van der Waals surface area contributed by atoms with Crippen LogP contribution in [0.3, 0.4) is 0 Å². The first-order valence-electron chi connectivity index (χ1n) is 6.65. The van der Waals surface area contributed by atoms with E-state index in [2.05, 4.69) is 36.0 Å². The molecule has 0 bridgehead atoms. The highest BCUT2D eigenvalue weighted by molar-refractivity contribution is 6.90. The zero-order valence-corrected chi connectivity index (χ0v) is 10.7. The van der Waals surface area contributed by atoms with Crippen molar-refractivity contribution in [3.05, 3.63) is 18.2 Å². The Labute approximate surface area is 100 Å². The van der Waals surface area contributed by atoms with E-state index in [0.717, 1.165) is 11.0 Å². The maximum atomic E-state index is 7.04. The van der Waals surface area contributed by atoms with Gasteiger partial charge in [0.15, 0.2) is 0 Å². The standard InChI is InChI=1S/C11H17N3OSi/c1-15-8-14-9-6-5-7-10(16(2,3)4)11(9)12-13-14/h5-7H,8H2,1-4H3/i1D3. The molecule has 2 rings (SSSR count). The number of nitrogens with zero attached hydrogens (tertiary/aromatic N) is 3. The van der Waals surface area contributed by atoms with Gasteiger partial charge in [-0.05, 0) is 11.3 Å². The van der Waals surface area contributed by atoms with Crippen LogP contribution in [0.5, 0.6) is 0 Å². The molecule has 1 aromatic heterocycles. The van der Waals surface area contributed by atoms with E-state index in [1.54, 1.807) is 0 Å². The zero-order chi connectivity index (χ0) is 14.3. The molecule has 0 aliphatic rings. The molecule has 0 fully saturated rings. The topological polar surface area (TPSA) is 39.9 Å². The molecule has 0 spiro atoms. The Bertz CT molecular complexity index is 589. The van der Waals surface area contributed by atoms with Crippen LogP contribution in [-0.2, 0) is 11.5 Å². The Hall–Kier alpha value is -1.20. The molecule has 0 N–H and O–H groups in total. The molecule has 2 aromatic rings. The number of hydrogen-bond acceptors (Lipinski definition) is 3. The number of hydrogen-bond donors (Lipinski definition) is 0. The highest BCUT2D eigenvalue weighted by Crippen LogP contribution is 2.13. The molecule has 0 saturated heterocycles. The van der Waals surface area contributed by atoms with Gasteiger partial charge in [0.05, 0.1) is 17.7 Å². The SMILES string of the molecule is [2H]C([2H])([2H])OCn1nnc2c([Si](C)(C)C)cccc21. The average Bonchev–Trinajstić information content (AvgIpc) is 2.66.